The molecule has 0 aromatic rings. The first-order valence-corrected chi connectivity index (χ1v) is 9.47. The lowest BCUT2D eigenvalue weighted by Gasteiger charge is -2.27. The Bertz CT molecular complexity index is 800. The van der Waals surface area contributed by atoms with Crippen LogP contribution in [-0.4, -0.2) is 43.0 Å². The van der Waals surface area contributed by atoms with Gasteiger partial charge in [-0.1, -0.05) is 18.7 Å². The summed E-state index contributed by atoms with van der Waals surface area (Å²) in [7, 11) is 0. The van der Waals surface area contributed by atoms with E-state index >= 15 is 0 Å². The number of hydrogen-bond acceptors (Lipinski definition) is 7. The zero-order valence-electron chi connectivity index (χ0n) is 16.9. The van der Waals surface area contributed by atoms with E-state index in [4.69, 9.17) is 14.2 Å². The maximum Gasteiger partial charge on any atom is 0.334 e. The fourth-order valence-electron chi connectivity index (χ4n) is 3.26. The lowest BCUT2D eigenvalue weighted by atomic mass is 9.85. The van der Waals surface area contributed by atoms with E-state index in [0.29, 0.717) is 24.0 Å². The minimum Gasteiger partial charge on any atom is -0.461 e. The van der Waals surface area contributed by atoms with Crippen molar-refractivity contribution in [3.63, 3.8) is 0 Å². The minimum atomic E-state index is -0.804. The van der Waals surface area contributed by atoms with E-state index in [1.54, 1.807) is 32.1 Å². The van der Waals surface area contributed by atoms with Gasteiger partial charge in [-0.3, -0.25) is 9.59 Å². The summed E-state index contributed by atoms with van der Waals surface area (Å²) in [6, 6.07) is 0. The molecule has 1 heterocycles. The number of carbonyl (C=O) groups excluding carboxylic acids is 4. The Morgan fingerprint density at radius 3 is 2.69 bits per heavy atom. The Kier molecular flexibility index (Phi) is 7.70. The van der Waals surface area contributed by atoms with Crippen LogP contribution in [0.5, 0.6) is 0 Å². The SMILES string of the molecule is C=C1C(=O)O[C@@H]2/C=C(\COC(C)=O)CC/C=C(/C=O)C[C@@H](OC(=O)/C(C)=C\C)[C@@H]12. The van der Waals surface area contributed by atoms with Crippen LogP contribution in [0.3, 0.4) is 0 Å². The number of allylic oxidation sites excluding steroid dienone is 2. The maximum absolute atomic E-state index is 12.4. The average molecular weight is 402 g/mol. The van der Waals surface area contributed by atoms with Crippen LogP contribution in [0.1, 0.15) is 40.0 Å². The molecule has 1 aliphatic heterocycles. The second-order valence-corrected chi connectivity index (χ2v) is 7.08. The van der Waals surface area contributed by atoms with Crippen LogP contribution in [0.4, 0.5) is 0 Å². The highest BCUT2D eigenvalue weighted by molar-refractivity contribution is 5.92. The van der Waals surface area contributed by atoms with Gasteiger partial charge in [-0.15, -0.1) is 0 Å². The first-order valence-electron chi connectivity index (χ1n) is 9.47. The summed E-state index contributed by atoms with van der Waals surface area (Å²) < 4.78 is 16.2. The van der Waals surface area contributed by atoms with Gasteiger partial charge in [-0.2, -0.15) is 0 Å². The molecule has 1 saturated heterocycles. The average Bonchev–Trinajstić information content (AvgIpc) is 2.96. The first-order chi connectivity index (χ1) is 13.8. The van der Waals surface area contributed by atoms with Crippen LogP contribution >= 0.6 is 0 Å². The quantitative estimate of drug-likeness (QED) is 0.229. The zero-order valence-corrected chi connectivity index (χ0v) is 16.9. The van der Waals surface area contributed by atoms with Crippen molar-refractivity contribution in [1.29, 1.82) is 0 Å². The summed E-state index contributed by atoms with van der Waals surface area (Å²) in [5, 5.41) is 0. The van der Waals surface area contributed by atoms with Crippen LogP contribution < -0.4 is 0 Å². The highest BCUT2D eigenvalue weighted by Gasteiger charge is 2.44. The van der Waals surface area contributed by atoms with Crippen LogP contribution in [0.2, 0.25) is 0 Å². The van der Waals surface area contributed by atoms with Gasteiger partial charge in [0.25, 0.3) is 0 Å². The summed E-state index contributed by atoms with van der Waals surface area (Å²) in [6.45, 7) is 8.52. The van der Waals surface area contributed by atoms with Crippen molar-refractivity contribution in [2.45, 2.75) is 52.2 Å². The molecule has 0 N–H and O–H groups in total. The molecule has 0 saturated carbocycles. The van der Waals surface area contributed by atoms with E-state index in [-0.39, 0.29) is 18.6 Å². The molecule has 0 aromatic carbocycles. The molecule has 0 amide bonds. The van der Waals surface area contributed by atoms with Crippen LogP contribution in [0.25, 0.3) is 0 Å². The molecule has 2 rings (SSSR count). The van der Waals surface area contributed by atoms with Crippen molar-refractivity contribution >= 4 is 24.2 Å². The van der Waals surface area contributed by atoms with Gasteiger partial charge in [-0.05, 0) is 43.9 Å². The highest BCUT2D eigenvalue weighted by Crippen LogP contribution is 2.36. The standard InChI is InChI=1S/C22H26O7/c1-5-13(2)21(25)28-18-9-16(11-23)7-6-8-17(12-27-15(4)24)10-19-20(18)14(3)22(26)29-19/h5,7,10-11,18-20H,3,6,8-9,12H2,1-2,4H3/b13-5-,16-7+,17-10-/t18-,19-,20-/m1/s1. The number of hydrogen-bond donors (Lipinski definition) is 0. The maximum atomic E-state index is 12.4. The van der Waals surface area contributed by atoms with Crippen LogP contribution in [-0.2, 0) is 33.4 Å². The monoisotopic (exact) mass is 402 g/mol. The fourth-order valence-corrected chi connectivity index (χ4v) is 3.26. The highest BCUT2D eigenvalue weighted by atomic mass is 16.6. The number of esters is 3. The normalized spacial score (nSPS) is 28.8. The minimum absolute atomic E-state index is 0.0506. The Hall–Kier alpha value is -2.96. The Morgan fingerprint density at radius 2 is 2.07 bits per heavy atom. The largest absolute Gasteiger partial charge is 0.461 e. The zero-order chi connectivity index (χ0) is 21.6. The van der Waals surface area contributed by atoms with Crippen molar-refractivity contribution in [2.75, 3.05) is 6.61 Å². The molecule has 2 aliphatic rings. The van der Waals surface area contributed by atoms with Crippen molar-refractivity contribution < 1.29 is 33.4 Å². The van der Waals surface area contributed by atoms with Crippen molar-refractivity contribution in [2.24, 2.45) is 5.92 Å². The third kappa shape index (κ3) is 5.76. The Balaban J connectivity index is 2.43. The molecule has 0 aromatic heterocycles. The molecule has 0 unspecified atom stereocenters. The lowest BCUT2D eigenvalue weighted by molar-refractivity contribution is -0.147. The summed E-state index contributed by atoms with van der Waals surface area (Å²) in [5.74, 6) is -2.19. The van der Waals surface area contributed by atoms with Gasteiger partial charge in [0.2, 0.25) is 0 Å². The molecule has 7 nitrogen and oxygen atoms in total. The molecule has 7 heteroatoms. The van der Waals surface area contributed by atoms with Crippen LogP contribution in [0, 0.1) is 5.92 Å². The van der Waals surface area contributed by atoms with Gasteiger partial charge in [0.05, 0.1) is 5.92 Å². The smallest absolute Gasteiger partial charge is 0.334 e. The third-order valence-electron chi connectivity index (χ3n) is 5.00. The van der Waals surface area contributed by atoms with Gasteiger partial charge < -0.3 is 14.2 Å². The topological polar surface area (TPSA) is 96.0 Å². The summed E-state index contributed by atoms with van der Waals surface area (Å²) >= 11 is 0. The van der Waals surface area contributed by atoms with Gasteiger partial charge >= 0.3 is 17.9 Å². The molecule has 1 aliphatic carbocycles. The molecule has 1 fully saturated rings. The van der Waals surface area contributed by atoms with Gasteiger partial charge in [0.15, 0.2) is 0 Å². The summed E-state index contributed by atoms with van der Waals surface area (Å²) in [4.78, 5) is 47.3. The van der Waals surface area contributed by atoms with Gasteiger partial charge in [-0.25, -0.2) is 9.59 Å². The molecule has 0 bridgehead atoms. The predicted octanol–water partition coefficient (Wildman–Crippen LogP) is 2.76. The number of carbonyl (C=O) groups is 4. The van der Waals surface area contributed by atoms with E-state index in [9.17, 15) is 19.2 Å². The molecular formula is C22H26O7. The number of ether oxygens (including phenoxy) is 3. The number of rotatable bonds is 5. The molecule has 0 radical (unpaired) electrons. The van der Waals surface area contributed by atoms with Gasteiger partial charge in [0, 0.05) is 24.5 Å². The van der Waals surface area contributed by atoms with E-state index in [1.165, 1.54) is 6.92 Å². The Labute approximate surface area is 170 Å². The number of aldehydes is 1. The Morgan fingerprint density at radius 1 is 1.34 bits per heavy atom. The van der Waals surface area contributed by atoms with Crippen LogP contribution in [0.15, 0.2) is 47.1 Å². The fraction of sp³-hybridized carbons (Fsp3) is 0.455. The molecule has 156 valence electrons. The lowest BCUT2D eigenvalue weighted by Crippen LogP contribution is -2.34. The second kappa shape index (κ2) is 10.0. The molecular weight excluding hydrogens is 376 g/mol. The second-order valence-electron chi connectivity index (χ2n) is 7.08. The van der Waals surface area contributed by atoms with E-state index < -0.39 is 36.0 Å². The molecule has 0 spiro atoms. The van der Waals surface area contributed by atoms with Crippen molar-refractivity contribution in [1.82, 2.24) is 0 Å². The van der Waals surface area contributed by atoms with Crippen molar-refractivity contribution in [3.8, 4) is 0 Å². The van der Waals surface area contributed by atoms with E-state index in [0.717, 1.165) is 11.9 Å². The van der Waals surface area contributed by atoms with Crippen molar-refractivity contribution in [3.05, 3.63) is 47.1 Å². The predicted molar refractivity (Wildman–Crippen MR) is 105 cm³/mol. The van der Waals surface area contributed by atoms with Gasteiger partial charge in [0.1, 0.15) is 25.1 Å². The number of fused-ring (bicyclic) bond motifs is 1. The summed E-state index contributed by atoms with van der Waals surface area (Å²) in [6.07, 6.45) is 5.51. The first kappa shape index (κ1) is 22.3. The summed E-state index contributed by atoms with van der Waals surface area (Å²) in [5.41, 5.74) is 1.80. The molecule has 3 atom stereocenters. The van der Waals surface area contributed by atoms with E-state index in [2.05, 4.69) is 6.58 Å². The third-order valence-corrected chi connectivity index (χ3v) is 5.00. The molecule has 29 heavy (non-hydrogen) atoms. The van der Waals surface area contributed by atoms with E-state index in [1.807, 2.05) is 0 Å².